The number of pyridine rings is 1. The zero-order valence-corrected chi connectivity index (χ0v) is 11.3. The number of hydrogen-bond acceptors (Lipinski definition) is 3. The van der Waals surface area contributed by atoms with Crippen molar-refractivity contribution in [2.45, 2.75) is 26.3 Å². The number of nitrogens with zero attached hydrogens (tertiary/aromatic N) is 1. The molecule has 0 spiro atoms. The summed E-state index contributed by atoms with van der Waals surface area (Å²) in [6.07, 6.45) is 4.53. The van der Waals surface area contributed by atoms with Gasteiger partial charge in [0.2, 0.25) is 5.91 Å². The van der Waals surface area contributed by atoms with E-state index in [9.17, 15) is 4.79 Å². The molecular weight excluding hydrogens is 238 g/mol. The van der Waals surface area contributed by atoms with E-state index in [1.165, 1.54) is 0 Å². The minimum atomic E-state index is -0.0235. The molecular formula is C15H19N3O. The van der Waals surface area contributed by atoms with Gasteiger partial charge in [0.25, 0.3) is 0 Å². The Kier molecular flexibility index (Phi) is 4.47. The SMILES string of the molecule is CCC(C)NCC(=O)Nc1cccc2cnccc12. The topological polar surface area (TPSA) is 54.0 Å². The van der Waals surface area contributed by atoms with Crippen molar-refractivity contribution in [2.75, 3.05) is 11.9 Å². The highest BCUT2D eigenvalue weighted by molar-refractivity contribution is 6.02. The van der Waals surface area contributed by atoms with Gasteiger partial charge in [-0.15, -0.1) is 0 Å². The standard InChI is InChI=1S/C15H19N3O/c1-3-11(2)17-10-15(19)18-14-6-4-5-12-9-16-8-7-13(12)14/h4-9,11,17H,3,10H2,1-2H3,(H,18,19). The highest BCUT2D eigenvalue weighted by atomic mass is 16.1. The Morgan fingerprint density at radius 2 is 2.21 bits per heavy atom. The molecule has 19 heavy (non-hydrogen) atoms. The van der Waals surface area contributed by atoms with E-state index in [-0.39, 0.29) is 5.91 Å². The molecule has 0 saturated heterocycles. The van der Waals surface area contributed by atoms with Gasteiger partial charge in [0.1, 0.15) is 0 Å². The Morgan fingerprint density at radius 3 is 3.00 bits per heavy atom. The molecule has 0 fully saturated rings. The number of carbonyl (C=O) groups excluding carboxylic acids is 1. The predicted octanol–water partition coefficient (Wildman–Crippen LogP) is 2.56. The molecule has 100 valence electrons. The summed E-state index contributed by atoms with van der Waals surface area (Å²) in [4.78, 5) is 16.0. The van der Waals surface area contributed by atoms with E-state index in [1.54, 1.807) is 12.4 Å². The predicted molar refractivity (Wildman–Crippen MR) is 78.1 cm³/mol. The first-order chi connectivity index (χ1) is 9.20. The van der Waals surface area contributed by atoms with Crippen LogP contribution in [0.5, 0.6) is 0 Å². The molecule has 1 heterocycles. The molecule has 0 bridgehead atoms. The van der Waals surface area contributed by atoms with Crippen molar-refractivity contribution >= 4 is 22.4 Å². The largest absolute Gasteiger partial charge is 0.324 e. The fraction of sp³-hybridized carbons (Fsp3) is 0.333. The number of rotatable bonds is 5. The van der Waals surface area contributed by atoms with Crippen molar-refractivity contribution in [3.8, 4) is 0 Å². The van der Waals surface area contributed by atoms with Crippen molar-refractivity contribution in [1.29, 1.82) is 0 Å². The Balaban J connectivity index is 2.07. The average molecular weight is 257 g/mol. The quantitative estimate of drug-likeness (QED) is 0.865. The molecule has 1 amide bonds. The van der Waals surface area contributed by atoms with Crippen LogP contribution in [0.25, 0.3) is 10.8 Å². The summed E-state index contributed by atoms with van der Waals surface area (Å²) in [6.45, 7) is 4.49. The van der Waals surface area contributed by atoms with Crippen LogP contribution in [0, 0.1) is 0 Å². The maximum Gasteiger partial charge on any atom is 0.238 e. The molecule has 1 atom stereocenters. The summed E-state index contributed by atoms with van der Waals surface area (Å²) in [7, 11) is 0. The summed E-state index contributed by atoms with van der Waals surface area (Å²) in [5.74, 6) is -0.0235. The Hall–Kier alpha value is -1.94. The summed E-state index contributed by atoms with van der Waals surface area (Å²) in [5, 5.41) is 8.14. The Labute approximate surface area is 113 Å². The lowest BCUT2D eigenvalue weighted by atomic mass is 10.1. The van der Waals surface area contributed by atoms with Gasteiger partial charge in [-0.25, -0.2) is 0 Å². The number of nitrogens with one attached hydrogen (secondary N) is 2. The highest BCUT2D eigenvalue weighted by Crippen LogP contribution is 2.21. The number of amides is 1. The number of anilines is 1. The number of benzene rings is 1. The van der Waals surface area contributed by atoms with E-state index >= 15 is 0 Å². The van der Waals surface area contributed by atoms with Gasteiger partial charge in [-0.2, -0.15) is 0 Å². The van der Waals surface area contributed by atoms with Crippen molar-refractivity contribution in [3.63, 3.8) is 0 Å². The average Bonchev–Trinajstić information content (AvgIpc) is 2.45. The fourth-order valence-corrected chi connectivity index (χ4v) is 1.84. The lowest BCUT2D eigenvalue weighted by Crippen LogP contribution is -2.33. The first-order valence-electron chi connectivity index (χ1n) is 6.56. The van der Waals surface area contributed by atoms with Crippen LogP contribution in [0.2, 0.25) is 0 Å². The van der Waals surface area contributed by atoms with Crippen LogP contribution in [0.4, 0.5) is 5.69 Å². The number of fused-ring (bicyclic) bond motifs is 1. The van der Waals surface area contributed by atoms with Gasteiger partial charge in [0.15, 0.2) is 0 Å². The normalized spacial score (nSPS) is 12.3. The third-order valence-electron chi connectivity index (χ3n) is 3.18. The van der Waals surface area contributed by atoms with Gasteiger partial charge >= 0.3 is 0 Å². The minimum Gasteiger partial charge on any atom is -0.324 e. The summed E-state index contributed by atoms with van der Waals surface area (Å²) in [5.41, 5.74) is 0.829. The number of carbonyl (C=O) groups is 1. The molecule has 0 aliphatic carbocycles. The van der Waals surface area contributed by atoms with Crippen molar-refractivity contribution < 1.29 is 4.79 Å². The van der Waals surface area contributed by atoms with Crippen LogP contribution in [0.15, 0.2) is 36.7 Å². The zero-order chi connectivity index (χ0) is 13.7. The first kappa shape index (κ1) is 13.5. The molecule has 4 heteroatoms. The molecule has 0 aliphatic rings. The number of aromatic nitrogens is 1. The second kappa shape index (κ2) is 6.29. The van der Waals surface area contributed by atoms with Crippen molar-refractivity contribution in [2.24, 2.45) is 0 Å². The highest BCUT2D eigenvalue weighted by Gasteiger charge is 2.06. The van der Waals surface area contributed by atoms with Crippen LogP contribution >= 0.6 is 0 Å². The molecule has 0 radical (unpaired) electrons. The minimum absolute atomic E-state index is 0.0235. The molecule has 2 N–H and O–H groups in total. The van der Waals surface area contributed by atoms with Gasteiger partial charge in [0.05, 0.1) is 6.54 Å². The fourth-order valence-electron chi connectivity index (χ4n) is 1.84. The van der Waals surface area contributed by atoms with Crippen LogP contribution in [0.1, 0.15) is 20.3 Å². The van der Waals surface area contributed by atoms with E-state index in [1.807, 2.05) is 24.3 Å². The van der Waals surface area contributed by atoms with Crippen molar-refractivity contribution in [3.05, 3.63) is 36.7 Å². The smallest absolute Gasteiger partial charge is 0.238 e. The summed E-state index contributed by atoms with van der Waals surface area (Å²) < 4.78 is 0. The molecule has 1 aromatic heterocycles. The van der Waals surface area contributed by atoms with Crippen LogP contribution in [0.3, 0.4) is 0 Å². The maximum absolute atomic E-state index is 11.9. The molecule has 2 rings (SSSR count). The van der Waals surface area contributed by atoms with Gasteiger partial charge in [-0.1, -0.05) is 19.1 Å². The lowest BCUT2D eigenvalue weighted by molar-refractivity contribution is -0.115. The van der Waals surface area contributed by atoms with E-state index in [4.69, 9.17) is 0 Å². The second-order valence-corrected chi connectivity index (χ2v) is 4.64. The Bertz CT molecular complexity index is 563. The van der Waals surface area contributed by atoms with E-state index in [2.05, 4.69) is 29.5 Å². The second-order valence-electron chi connectivity index (χ2n) is 4.64. The number of hydrogen-bond donors (Lipinski definition) is 2. The van der Waals surface area contributed by atoms with Crippen LogP contribution < -0.4 is 10.6 Å². The summed E-state index contributed by atoms with van der Waals surface area (Å²) >= 11 is 0. The summed E-state index contributed by atoms with van der Waals surface area (Å²) in [6, 6.07) is 8.07. The third kappa shape index (κ3) is 3.51. The van der Waals surface area contributed by atoms with Gasteiger partial charge in [-0.05, 0) is 25.5 Å². The van der Waals surface area contributed by atoms with Crippen LogP contribution in [-0.2, 0) is 4.79 Å². The Morgan fingerprint density at radius 1 is 1.37 bits per heavy atom. The van der Waals surface area contributed by atoms with E-state index < -0.39 is 0 Å². The van der Waals surface area contributed by atoms with Crippen molar-refractivity contribution in [1.82, 2.24) is 10.3 Å². The third-order valence-corrected chi connectivity index (χ3v) is 3.18. The molecule has 4 nitrogen and oxygen atoms in total. The monoisotopic (exact) mass is 257 g/mol. The molecule has 0 aliphatic heterocycles. The molecule has 2 aromatic rings. The molecule has 1 aromatic carbocycles. The van der Waals surface area contributed by atoms with Gasteiger partial charge in [-0.3, -0.25) is 9.78 Å². The molecule has 1 unspecified atom stereocenters. The maximum atomic E-state index is 11.9. The molecule has 0 saturated carbocycles. The van der Waals surface area contributed by atoms with Gasteiger partial charge in [0, 0.05) is 34.9 Å². The first-order valence-corrected chi connectivity index (χ1v) is 6.56. The van der Waals surface area contributed by atoms with E-state index in [0.29, 0.717) is 12.6 Å². The lowest BCUT2D eigenvalue weighted by Gasteiger charge is -2.12. The van der Waals surface area contributed by atoms with Gasteiger partial charge < -0.3 is 10.6 Å². The van der Waals surface area contributed by atoms with Crippen LogP contribution in [-0.4, -0.2) is 23.5 Å². The van der Waals surface area contributed by atoms with E-state index in [0.717, 1.165) is 22.9 Å². The zero-order valence-electron chi connectivity index (χ0n) is 11.3.